The van der Waals surface area contributed by atoms with Crippen molar-refractivity contribution in [1.82, 2.24) is 0 Å². The van der Waals surface area contributed by atoms with E-state index in [9.17, 15) is 4.79 Å². The normalized spacial score (nSPS) is 17.9. The zero-order valence-corrected chi connectivity index (χ0v) is 9.51. The second-order valence-electron chi connectivity index (χ2n) is 3.67. The Morgan fingerprint density at radius 3 is 2.19 bits per heavy atom. The van der Waals surface area contributed by atoms with E-state index in [4.69, 9.17) is 0 Å². The van der Waals surface area contributed by atoms with Crippen LogP contribution in [0.4, 0.5) is 0 Å². The van der Waals surface area contributed by atoms with Crippen LogP contribution < -0.4 is 0 Å². The standard InChI is InChI=1S/C15H18O/c16-14-10-5-3-1-2-4-7-11-15-12-8-6-9-13-15/h1-5,7,10-12,14H,6,8-9,13H2/b3-1+,4-2+,10-5+,11-7?. The van der Waals surface area contributed by atoms with Gasteiger partial charge in [-0.3, -0.25) is 4.79 Å². The first-order valence-electron chi connectivity index (χ1n) is 5.74. The minimum absolute atomic E-state index is 0.767. The van der Waals surface area contributed by atoms with Gasteiger partial charge in [0, 0.05) is 0 Å². The van der Waals surface area contributed by atoms with Gasteiger partial charge in [0.2, 0.25) is 0 Å². The zero-order valence-electron chi connectivity index (χ0n) is 9.51. The molecule has 16 heavy (non-hydrogen) atoms. The van der Waals surface area contributed by atoms with Crippen LogP contribution in [-0.2, 0) is 4.79 Å². The topological polar surface area (TPSA) is 17.1 Å². The molecule has 0 spiro atoms. The Morgan fingerprint density at radius 2 is 1.56 bits per heavy atom. The molecule has 0 aromatic carbocycles. The van der Waals surface area contributed by atoms with Gasteiger partial charge in [0.25, 0.3) is 0 Å². The van der Waals surface area contributed by atoms with E-state index >= 15 is 0 Å². The molecule has 0 heterocycles. The number of aldehydes is 1. The highest BCUT2D eigenvalue weighted by Crippen LogP contribution is 2.17. The molecule has 0 saturated carbocycles. The van der Waals surface area contributed by atoms with Crippen molar-refractivity contribution in [3.63, 3.8) is 0 Å². The van der Waals surface area contributed by atoms with E-state index < -0.39 is 0 Å². The summed E-state index contributed by atoms with van der Waals surface area (Å²) in [5.74, 6) is 0. The molecule has 0 aromatic rings. The summed E-state index contributed by atoms with van der Waals surface area (Å²) < 4.78 is 0. The summed E-state index contributed by atoms with van der Waals surface area (Å²) in [6.45, 7) is 0. The van der Waals surface area contributed by atoms with Crippen LogP contribution in [0.25, 0.3) is 0 Å². The van der Waals surface area contributed by atoms with E-state index in [0.717, 1.165) is 6.29 Å². The van der Waals surface area contributed by atoms with Gasteiger partial charge in [-0.25, -0.2) is 0 Å². The summed E-state index contributed by atoms with van der Waals surface area (Å²) in [6.07, 6.45) is 23.3. The summed E-state index contributed by atoms with van der Waals surface area (Å²) in [7, 11) is 0. The van der Waals surface area contributed by atoms with Crippen LogP contribution >= 0.6 is 0 Å². The number of carbonyl (C=O) groups excluding carboxylic acids is 1. The van der Waals surface area contributed by atoms with Gasteiger partial charge in [0.05, 0.1) is 0 Å². The lowest BCUT2D eigenvalue weighted by Gasteiger charge is -2.07. The molecule has 0 bridgehead atoms. The minimum atomic E-state index is 0.767. The predicted octanol–water partition coefficient (Wildman–Crippen LogP) is 3.91. The second kappa shape index (κ2) is 8.66. The summed E-state index contributed by atoms with van der Waals surface area (Å²) in [5.41, 5.74) is 1.45. The molecule has 1 rings (SSSR count). The molecule has 0 N–H and O–H groups in total. The van der Waals surface area contributed by atoms with Crippen molar-refractivity contribution in [3.8, 4) is 0 Å². The predicted molar refractivity (Wildman–Crippen MR) is 69.2 cm³/mol. The molecule has 0 radical (unpaired) electrons. The minimum Gasteiger partial charge on any atom is -0.299 e. The van der Waals surface area contributed by atoms with Crippen LogP contribution in [0.5, 0.6) is 0 Å². The highest BCUT2D eigenvalue weighted by atomic mass is 16.1. The third-order valence-corrected chi connectivity index (χ3v) is 2.38. The molecule has 0 unspecified atom stereocenters. The van der Waals surface area contributed by atoms with Gasteiger partial charge < -0.3 is 0 Å². The van der Waals surface area contributed by atoms with Gasteiger partial charge in [0.15, 0.2) is 0 Å². The molecule has 1 nitrogen and oxygen atoms in total. The van der Waals surface area contributed by atoms with Gasteiger partial charge in [0.1, 0.15) is 6.29 Å². The van der Waals surface area contributed by atoms with Gasteiger partial charge in [-0.05, 0) is 31.8 Å². The highest BCUT2D eigenvalue weighted by Gasteiger charge is 1.98. The fourth-order valence-electron chi connectivity index (χ4n) is 1.56. The smallest absolute Gasteiger partial charge is 0.142 e. The zero-order chi connectivity index (χ0) is 11.5. The average molecular weight is 214 g/mol. The van der Waals surface area contributed by atoms with E-state index in [-0.39, 0.29) is 0 Å². The van der Waals surface area contributed by atoms with Crippen LogP contribution in [0, 0.1) is 0 Å². The number of carbonyl (C=O) groups is 1. The van der Waals surface area contributed by atoms with Crippen molar-refractivity contribution in [2.24, 2.45) is 0 Å². The van der Waals surface area contributed by atoms with Crippen LogP contribution in [0.3, 0.4) is 0 Å². The Hall–Kier alpha value is -1.63. The molecule has 0 saturated heterocycles. The Morgan fingerprint density at radius 1 is 0.875 bits per heavy atom. The lowest BCUT2D eigenvalue weighted by molar-refractivity contribution is -0.104. The van der Waals surface area contributed by atoms with Crippen molar-refractivity contribution < 1.29 is 4.79 Å². The van der Waals surface area contributed by atoms with Crippen molar-refractivity contribution in [2.45, 2.75) is 25.7 Å². The van der Waals surface area contributed by atoms with E-state index in [0.29, 0.717) is 0 Å². The number of hydrogen-bond acceptors (Lipinski definition) is 1. The lowest BCUT2D eigenvalue weighted by atomic mass is 9.99. The quantitative estimate of drug-likeness (QED) is 0.385. The molecule has 84 valence electrons. The molecule has 1 heteroatoms. The van der Waals surface area contributed by atoms with Gasteiger partial charge in [-0.15, -0.1) is 0 Å². The summed E-state index contributed by atoms with van der Waals surface area (Å²) in [6, 6.07) is 0. The Bertz CT molecular complexity index is 340. The molecule has 0 fully saturated rings. The van der Waals surface area contributed by atoms with Crippen LogP contribution in [-0.4, -0.2) is 6.29 Å². The van der Waals surface area contributed by atoms with E-state index in [1.54, 1.807) is 6.08 Å². The van der Waals surface area contributed by atoms with Crippen molar-refractivity contribution in [3.05, 3.63) is 60.3 Å². The Labute approximate surface area is 97.6 Å². The molecule has 1 aliphatic carbocycles. The SMILES string of the molecule is O=C/C=C/C=C/C=C/C=CC1=CCCCC1. The Balaban J connectivity index is 2.27. The first kappa shape index (κ1) is 12.4. The average Bonchev–Trinajstić information content (AvgIpc) is 2.34. The lowest BCUT2D eigenvalue weighted by Crippen LogP contribution is -1.87. The maximum atomic E-state index is 9.96. The molecule has 0 amide bonds. The monoisotopic (exact) mass is 214 g/mol. The first-order valence-corrected chi connectivity index (χ1v) is 5.74. The number of allylic oxidation sites excluding steroid dienone is 10. The van der Waals surface area contributed by atoms with Gasteiger partial charge in [-0.1, -0.05) is 54.2 Å². The molecular weight excluding hydrogens is 196 g/mol. The van der Waals surface area contributed by atoms with Crippen LogP contribution in [0.1, 0.15) is 25.7 Å². The van der Waals surface area contributed by atoms with Gasteiger partial charge in [-0.2, -0.15) is 0 Å². The Kier molecular flexibility index (Phi) is 6.73. The number of hydrogen-bond donors (Lipinski definition) is 0. The van der Waals surface area contributed by atoms with Crippen LogP contribution in [0.2, 0.25) is 0 Å². The van der Waals surface area contributed by atoms with Crippen molar-refractivity contribution in [2.75, 3.05) is 0 Å². The van der Waals surface area contributed by atoms with E-state index in [1.807, 2.05) is 24.3 Å². The third kappa shape index (κ3) is 5.97. The fraction of sp³-hybridized carbons (Fsp3) is 0.267. The molecular formula is C15H18O. The van der Waals surface area contributed by atoms with Gasteiger partial charge >= 0.3 is 0 Å². The fourth-order valence-corrected chi connectivity index (χ4v) is 1.56. The van der Waals surface area contributed by atoms with E-state index in [2.05, 4.69) is 18.2 Å². The highest BCUT2D eigenvalue weighted by molar-refractivity contribution is 5.65. The summed E-state index contributed by atoms with van der Waals surface area (Å²) in [5, 5.41) is 0. The largest absolute Gasteiger partial charge is 0.299 e. The van der Waals surface area contributed by atoms with Crippen molar-refractivity contribution in [1.29, 1.82) is 0 Å². The third-order valence-electron chi connectivity index (χ3n) is 2.38. The molecule has 0 aliphatic heterocycles. The van der Waals surface area contributed by atoms with Crippen molar-refractivity contribution >= 4 is 6.29 Å². The second-order valence-corrected chi connectivity index (χ2v) is 3.67. The van der Waals surface area contributed by atoms with Crippen LogP contribution in [0.15, 0.2) is 60.3 Å². The number of rotatable bonds is 5. The summed E-state index contributed by atoms with van der Waals surface area (Å²) in [4.78, 5) is 9.96. The maximum absolute atomic E-state index is 9.96. The van der Waals surface area contributed by atoms with E-state index in [1.165, 1.54) is 37.3 Å². The maximum Gasteiger partial charge on any atom is 0.142 e. The first-order chi connectivity index (χ1) is 7.93. The molecule has 0 atom stereocenters. The summed E-state index contributed by atoms with van der Waals surface area (Å²) >= 11 is 0. The molecule has 1 aliphatic rings. The molecule has 0 aromatic heterocycles.